The van der Waals surface area contributed by atoms with E-state index < -0.39 is 12.6 Å². The van der Waals surface area contributed by atoms with Gasteiger partial charge in [0, 0.05) is 6.42 Å². The molecule has 0 unspecified atom stereocenters. The van der Waals surface area contributed by atoms with Crippen LogP contribution in [0, 0.1) is 0 Å². The van der Waals surface area contributed by atoms with Crippen molar-refractivity contribution < 1.29 is 17.9 Å². The minimum atomic E-state index is -4.08. The van der Waals surface area contributed by atoms with Crippen LogP contribution in [0.2, 0.25) is 0 Å². The van der Waals surface area contributed by atoms with Gasteiger partial charge in [-0.2, -0.15) is 13.2 Å². The summed E-state index contributed by atoms with van der Waals surface area (Å²) in [6.07, 6.45) is -4.88. The molecule has 0 aliphatic heterocycles. The number of halogens is 3. The summed E-state index contributed by atoms with van der Waals surface area (Å²) in [5.41, 5.74) is 0. The third kappa shape index (κ3) is 4.74. The van der Waals surface area contributed by atoms with Crippen molar-refractivity contribution in [2.45, 2.75) is 19.0 Å². The standard InChI is InChI=1S/C10H11F3O/c11-10(12,13)7-4-8-14-9-5-2-1-3-6-9/h1-3,5-6H,4,7-8H2. The number of para-hydroxylation sites is 1. The lowest BCUT2D eigenvalue weighted by molar-refractivity contribution is -0.136. The molecule has 1 aromatic carbocycles. The van der Waals surface area contributed by atoms with Gasteiger partial charge in [0.25, 0.3) is 0 Å². The highest BCUT2D eigenvalue weighted by molar-refractivity contribution is 5.20. The Bertz CT molecular complexity index is 256. The molecule has 0 aromatic heterocycles. The van der Waals surface area contributed by atoms with Crippen LogP contribution in [-0.4, -0.2) is 12.8 Å². The monoisotopic (exact) mass is 204 g/mol. The van der Waals surface area contributed by atoms with Crippen LogP contribution in [0.3, 0.4) is 0 Å². The molecule has 0 saturated carbocycles. The van der Waals surface area contributed by atoms with Crippen LogP contribution in [0.4, 0.5) is 13.2 Å². The second-order valence-electron chi connectivity index (χ2n) is 2.88. The Morgan fingerprint density at radius 3 is 2.29 bits per heavy atom. The maximum atomic E-state index is 11.7. The number of benzene rings is 1. The van der Waals surface area contributed by atoms with Crippen LogP contribution in [0.15, 0.2) is 30.3 Å². The van der Waals surface area contributed by atoms with Crippen molar-refractivity contribution >= 4 is 0 Å². The second-order valence-corrected chi connectivity index (χ2v) is 2.88. The average molecular weight is 204 g/mol. The van der Waals surface area contributed by atoms with Crippen molar-refractivity contribution in [1.29, 1.82) is 0 Å². The Balaban J connectivity index is 2.17. The van der Waals surface area contributed by atoms with Gasteiger partial charge in [-0.15, -0.1) is 0 Å². The van der Waals surface area contributed by atoms with E-state index in [1.165, 1.54) is 0 Å². The SMILES string of the molecule is FC(F)(F)CCCOc1ccccc1. The van der Waals surface area contributed by atoms with Crippen molar-refractivity contribution in [3.8, 4) is 5.75 Å². The molecule has 0 saturated heterocycles. The zero-order valence-electron chi connectivity index (χ0n) is 7.55. The summed E-state index contributed by atoms with van der Waals surface area (Å²) in [6.45, 7) is 0.101. The van der Waals surface area contributed by atoms with Crippen molar-refractivity contribution in [1.82, 2.24) is 0 Å². The molecule has 0 spiro atoms. The molecule has 0 radical (unpaired) electrons. The van der Waals surface area contributed by atoms with E-state index in [0.29, 0.717) is 5.75 Å². The number of hydrogen-bond donors (Lipinski definition) is 0. The quantitative estimate of drug-likeness (QED) is 0.683. The predicted molar refractivity (Wildman–Crippen MR) is 47.2 cm³/mol. The summed E-state index contributed by atoms with van der Waals surface area (Å²) in [7, 11) is 0. The smallest absolute Gasteiger partial charge is 0.389 e. The minimum Gasteiger partial charge on any atom is -0.494 e. The van der Waals surface area contributed by atoms with Crippen LogP contribution in [0.5, 0.6) is 5.75 Å². The first-order valence-electron chi connectivity index (χ1n) is 4.32. The van der Waals surface area contributed by atoms with Gasteiger partial charge in [-0.05, 0) is 18.6 Å². The van der Waals surface area contributed by atoms with Crippen LogP contribution >= 0.6 is 0 Å². The lowest BCUT2D eigenvalue weighted by Crippen LogP contribution is -2.09. The highest BCUT2D eigenvalue weighted by atomic mass is 19.4. The highest BCUT2D eigenvalue weighted by Crippen LogP contribution is 2.21. The molecule has 0 N–H and O–H groups in total. The van der Waals surface area contributed by atoms with Crippen LogP contribution in [0.1, 0.15) is 12.8 Å². The summed E-state index contributed by atoms with van der Waals surface area (Å²) in [6, 6.07) is 8.81. The summed E-state index contributed by atoms with van der Waals surface area (Å²) in [4.78, 5) is 0. The van der Waals surface area contributed by atoms with Crippen molar-refractivity contribution in [3.05, 3.63) is 30.3 Å². The van der Waals surface area contributed by atoms with E-state index in [1.54, 1.807) is 24.3 Å². The normalized spacial score (nSPS) is 11.4. The molecule has 1 rings (SSSR count). The fraction of sp³-hybridized carbons (Fsp3) is 0.400. The van der Waals surface area contributed by atoms with E-state index >= 15 is 0 Å². The van der Waals surface area contributed by atoms with E-state index in [0.717, 1.165) is 0 Å². The fourth-order valence-corrected chi connectivity index (χ4v) is 0.979. The first-order chi connectivity index (χ1) is 6.58. The number of ether oxygens (including phenoxy) is 1. The summed E-state index contributed by atoms with van der Waals surface area (Å²) < 4.78 is 40.3. The van der Waals surface area contributed by atoms with Crippen LogP contribution < -0.4 is 4.74 Å². The van der Waals surface area contributed by atoms with E-state index in [4.69, 9.17) is 4.74 Å². The van der Waals surface area contributed by atoms with E-state index in [-0.39, 0.29) is 13.0 Å². The summed E-state index contributed by atoms with van der Waals surface area (Å²) in [5.74, 6) is 0.606. The number of rotatable bonds is 4. The fourth-order valence-electron chi connectivity index (χ4n) is 0.979. The second kappa shape index (κ2) is 4.88. The molecule has 0 bridgehead atoms. The molecule has 0 heterocycles. The lowest BCUT2D eigenvalue weighted by atomic mass is 10.3. The maximum Gasteiger partial charge on any atom is 0.389 e. The van der Waals surface area contributed by atoms with Gasteiger partial charge in [-0.25, -0.2) is 0 Å². The maximum absolute atomic E-state index is 11.7. The Kier molecular flexibility index (Phi) is 3.80. The minimum absolute atomic E-state index is 0.00159. The van der Waals surface area contributed by atoms with Gasteiger partial charge < -0.3 is 4.74 Å². The molecule has 0 atom stereocenters. The summed E-state index contributed by atoms with van der Waals surface area (Å²) in [5, 5.41) is 0. The van der Waals surface area contributed by atoms with E-state index in [2.05, 4.69) is 0 Å². The van der Waals surface area contributed by atoms with Gasteiger partial charge in [0.2, 0.25) is 0 Å². The first-order valence-corrected chi connectivity index (χ1v) is 4.32. The Labute approximate surface area is 80.5 Å². The van der Waals surface area contributed by atoms with Crippen molar-refractivity contribution in [2.75, 3.05) is 6.61 Å². The third-order valence-corrected chi connectivity index (χ3v) is 1.62. The van der Waals surface area contributed by atoms with Crippen LogP contribution in [0.25, 0.3) is 0 Å². The molecule has 78 valence electrons. The van der Waals surface area contributed by atoms with Gasteiger partial charge in [0.15, 0.2) is 0 Å². The summed E-state index contributed by atoms with van der Waals surface area (Å²) >= 11 is 0. The number of alkyl halides is 3. The first kappa shape index (κ1) is 10.9. The zero-order valence-corrected chi connectivity index (χ0v) is 7.55. The van der Waals surface area contributed by atoms with Crippen LogP contribution in [-0.2, 0) is 0 Å². The number of hydrogen-bond acceptors (Lipinski definition) is 1. The topological polar surface area (TPSA) is 9.23 Å². The zero-order chi connectivity index (χ0) is 10.4. The van der Waals surface area contributed by atoms with Gasteiger partial charge >= 0.3 is 6.18 Å². The molecule has 1 nitrogen and oxygen atoms in total. The molecule has 1 aromatic rings. The molecule has 0 fully saturated rings. The molecular formula is C10H11F3O. The van der Waals surface area contributed by atoms with Gasteiger partial charge in [-0.1, -0.05) is 18.2 Å². The molecule has 14 heavy (non-hydrogen) atoms. The molecule has 0 aliphatic carbocycles. The Morgan fingerprint density at radius 1 is 1.07 bits per heavy atom. The molecule has 4 heteroatoms. The molecule has 0 amide bonds. The predicted octanol–water partition coefficient (Wildman–Crippen LogP) is 3.41. The molecule has 0 aliphatic rings. The highest BCUT2D eigenvalue weighted by Gasteiger charge is 2.25. The third-order valence-electron chi connectivity index (χ3n) is 1.62. The van der Waals surface area contributed by atoms with Gasteiger partial charge in [0.05, 0.1) is 6.61 Å². The molecular weight excluding hydrogens is 193 g/mol. The Morgan fingerprint density at radius 2 is 1.71 bits per heavy atom. The van der Waals surface area contributed by atoms with Gasteiger partial charge in [0.1, 0.15) is 5.75 Å². The van der Waals surface area contributed by atoms with Crippen molar-refractivity contribution in [3.63, 3.8) is 0 Å². The average Bonchev–Trinajstić information content (AvgIpc) is 2.13. The van der Waals surface area contributed by atoms with Gasteiger partial charge in [-0.3, -0.25) is 0 Å². The Hall–Kier alpha value is -1.19. The van der Waals surface area contributed by atoms with Crippen molar-refractivity contribution in [2.24, 2.45) is 0 Å². The lowest BCUT2D eigenvalue weighted by Gasteiger charge is -2.07. The van der Waals surface area contributed by atoms with E-state index in [9.17, 15) is 13.2 Å². The van der Waals surface area contributed by atoms with E-state index in [1.807, 2.05) is 6.07 Å². The largest absolute Gasteiger partial charge is 0.494 e.